The summed E-state index contributed by atoms with van der Waals surface area (Å²) in [4.78, 5) is 23.9. The lowest BCUT2D eigenvalue weighted by molar-refractivity contribution is -0.126. The smallest absolute Gasteiger partial charge is 0.407 e. The zero-order valence-corrected chi connectivity index (χ0v) is 11.9. The summed E-state index contributed by atoms with van der Waals surface area (Å²) in [7, 11) is 0. The van der Waals surface area contributed by atoms with Crippen molar-refractivity contribution in [3.63, 3.8) is 0 Å². The molecule has 1 aliphatic carbocycles. The topological polar surface area (TPSA) is 67.4 Å². The van der Waals surface area contributed by atoms with Crippen molar-refractivity contribution in [2.45, 2.75) is 38.3 Å². The van der Waals surface area contributed by atoms with E-state index in [1.807, 2.05) is 30.3 Å². The standard InChI is InChI=1S/C16H20N2O3/c19-14-16(8-4-5-9-17-14)10-13(16)18-15(20)21-11-12-6-2-1-3-7-12/h1-3,6-7,13H,4-5,8-11H2,(H,17,19)(H,18,20)/t13?,16-/m1/s1. The van der Waals surface area contributed by atoms with Crippen molar-refractivity contribution in [3.05, 3.63) is 35.9 Å². The highest BCUT2D eigenvalue weighted by Gasteiger charge is 2.60. The third kappa shape index (κ3) is 3.01. The molecule has 112 valence electrons. The van der Waals surface area contributed by atoms with Gasteiger partial charge in [0.2, 0.25) is 5.91 Å². The van der Waals surface area contributed by atoms with Crippen molar-refractivity contribution < 1.29 is 14.3 Å². The highest BCUT2D eigenvalue weighted by molar-refractivity contribution is 5.88. The number of carbonyl (C=O) groups is 2. The Labute approximate surface area is 124 Å². The maximum atomic E-state index is 12.1. The van der Waals surface area contributed by atoms with Crippen molar-refractivity contribution in [1.82, 2.24) is 10.6 Å². The average molecular weight is 288 g/mol. The van der Waals surface area contributed by atoms with Crippen LogP contribution in [0.3, 0.4) is 0 Å². The van der Waals surface area contributed by atoms with E-state index in [0.717, 1.165) is 37.8 Å². The van der Waals surface area contributed by atoms with Crippen LogP contribution in [-0.4, -0.2) is 24.6 Å². The van der Waals surface area contributed by atoms with Crippen LogP contribution in [0.1, 0.15) is 31.2 Å². The van der Waals surface area contributed by atoms with Crippen molar-refractivity contribution in [3.8, 4) is 0 Å². The summed E-state index contributed by atoms with van der Waals surface area (Å²) >= 11 is 0. The van der Waals surface area contributed by atoms with Gasteiger partial charge in [-0.2, -0.15) is 0 Å². The minimum atomic E-state index is -0.447. The SMILES string of the molecule is O=C(NC1C[C@]12CCCCNC2=O)OCc1ccccc1. The second-order valence-corrected chi connectivity index (χ2v) is 5.83. The van der Waals surface area contributed by atoms with Gasteiger partial charge in [-0.1, -0.05) is 36.8 Å². The number of hydrogen-bond acceptors (Lipinski definition) is 3. The molecule has 1 aliphatic heterocycles. The Morgan fingerprint density at radius 2 is 2.14 bits per heavy atom. The number of ether oxygens (including phenoxy) is 1. The molecule has 2 atom stereocenters. The highest BCUT2D eigenvalue weighted by atomic mass is 16.5. The molecule has 2 amide bonds. The number of rotatable bonds is 3. The molecule has 1 aromatic carbocycles. The molecule has 21 heavy (non-hydrogen) atoms. The first-order valence-electron chi connectivity index (χ1n) is 7.46. The highest BCUT2D eigenvalue weighted by Crippen LogP contribution is 2.51. The Morgan fingerprint density at radius 1 is 1.33 bits per heavy atom. The van der Waals surface area contributed by atoms with E-state index < -0.39 is 6.09 Å². The molecule has 1 saturated heterocycles. The Hall–Kier alpha value is -2.04. The van der Waals surface area contributed by atoms with Crippen LogP contribution in [0.4, 0.5) is 4.79 Å². The van der Waals surface area contributed by atoms with E-state index in [4.69, 9.17) is 4.74 Å². The Balaban J connectivity index is 1.49. The lowest BCUT2D eigenvalue weighted by atomic mass is 9.99. The minimum absolute atomic E-state index is 0.0772. The molecule has 5 nitrogen and oxygen atoms in total. The van der Waals surface area contributed by atoms with Crippen LogP contribution >= 0.6 is 0 Å². The molecular weight excluding hydrogens is 268 g/mol. The number of alkyl carbamates (subject to hydrolysis) is 1. The second-order valence-electron chi connectivity index (χ2n) is 5.83. The van der Waals surface area contributed by atoms with Crippen LogP contribution in [0.25, 0.3) is 0 Å². The molecule has 2 N–H and O–H groups in total. The van der Waals surface area contributed by atoms with Crippen LogP contribution in [0.2, 0.25) is 0 Å². The molecule has 1 spiro atoms. The maximum Gasteiger partial charge on any atom is 0.407 e. The summed E-state index contributed by atoms with van der Waals surface area (Å²) in [5.74, 6) is 0.0772. The molecule has 2 aliphatic rings. The van der Waals surface area contributed by atoms with Gasteiger partial charge in [0.05, 0.1) is 5.41 Å². The Bertz CT molecular complexity index is 532. The summed E-state index contributed by atoms with van der Waals surface area (Å²) in [6.45, 7) is 0.990. The fraction of sp³-hybridized carbons (Fsp3) is 0.500. The van der Waals surface area contributed by atoms with Crippen LogP contribution in [0, 0.1) is 5.41 Å². The van der Waals surface area contributed by atoms with Gasteiger partial charge in [0.1, 0.15) is 6.61 Å². The van der Waals surface area contributed by atoms with Gasteiger partial charge in [-0.25, -0.2) is 4.79 Å². The number of amides is 2. The van der Waals surface area contributed by atoms with Gasteiger partial charge in [-0.3, -0.25) is 4.79 Å². The van der Waals surface area contributed by atoms with Gasteiger partial charge in [0.25, 0.3) is 0 Å². The first-order valence-corrected chi connectivity index (χ1v) is 7.46. The quantitative estimate of drug-likeness (QED) is 0.893. The van der Waals surface area contributed by atoms with E-state index >= 15 is 0 Å². The van der Waals surface area contributed by atoms with Gasteiger partial charge in [-0.15, -0.1) is 0 Å². The molecule has 0 bridgehead atoms. The zero-order chi connectivity index (χ0) is 14.7. The normalized spacial score (nSPS) is 27.6. The Kier molecular flexibility index (Phi) is 3.82. The maximum absolute atomic E-state index is 12.1. The molecular formula is C16H20N2O3. The summed E-state index contributed by atoms with van der Waals surface area (Å²) in [6.07, 6.45) is 3.16. The second kappa shape index (κ2) is 5.76. The monoisotopic (exact) mass is 288 g/mol. The van der Waals surface area contributed by atoms with Crippen LogP contribution in [0.15, 0.2) is 30.3 Å². The van der Waals surface area contributed by atoms with Gasteiger partial charge >= 0.3 is 6.09 Å². The molecule has 0 aromatic heterocycles. The molecule has 5 heteroatoms. The molecule has 3 rings (SSSR count). The first kappa shape index (κ1) is 13.9. The van der Waals surface area contributed by atoms with E-state index in [1.54, 1.807) is 0 Å². The fourth-order valence-electron chi connectivity index (χ4n) is 2.99. The van der Waals surface area contributed by atoms with Crippen molar-refractivity contribution in [2.24, 2.45) is 5.41 Å². The molecule has 1 saturated carbocycles. The number of nitrogens with one attached hydrogen (secondary N) is 2. The van der Waals surface area contributed by atoms with Gasteiger partial charge in [-0.05, 0) is 24.8 Å². The van der Waals surface area contributed by atoms with Crippen molar-refractivity contribution >= 4 is 12.0 Å². The predicted octanol–water partition coefficient (Wildman–Crippen LogP) is 1.97. The molecule has 1 unspecified atom stereocenters. The number of hydrogen-bond donors (Lipinski definition) is 2. The lowest BCUT2D eigenvalue weighted by Gasteiger charge is -2.13. The summed E-state index contributed by atoms with van der Waals surface area (Å²) in [6, 6.07) is 9.46. The Morgan fingerprint density at radius 3 is 2.95 bits per heavy atom. The fourth-order valence-corrected chi connectivity index (χ4v) is 2.99. The first-order chi connectivity index (χ1) is 10.2. The molecule has 1 heterocycles. The minimum Gasteiger partial charge on any atom is -0.445 e. The average Bonchev–Trinajstić information content (AvgIpc) is 3.23. The summed E-state index contributed by atoms with van der Waals surface area (Å²) in [5.41, 5.74) is 0.563. The molecule has 0 radical (unpaired) electrons. The summed E-state index contributed by atoms with van der Waals surface area (Å²) in [5, 5.41) is 5.75. The molecule has 1 aromatic rings. The largest absolute Gasteiger partial charge is 0.445 e. The molecule has 2 fully saturated rings. The zero-order valence-electron chi connectivity index (χ0n) is 11.9. The van der Waals surface area contributed by atoms with E-state index in [9.17, 15) is 9.59 Å². The third-order valence-electron chi connectivity index (χ3n) is 4.37. The van der Waals surface area contributed by atoms with Crippen molar-refractivity contribution in [2.75, 3.05) is 6.54 Å². The van der Waals surface area contributed by atoms with Crippen LogP contribution in [-0.2, 0) is 16.1 Å². The third-order valence-corrected chi connectivity index (χ3v) is 4.37. The number of carbonyl (C=O) groups excluding carboxylic acids is 2. The van der Waals surface area contributed by atoms with E-state index in [0.29, 0.717) is 0 Å². The van der Waals surface area contributed by atoms with E-state index in [-0.39, 0.29) is 24.0 Å². The van der Waals surface area contributed by atoms with Gasteiger partial charge < -0.3 is 15.4 Å². The number of benzene rings is 1. The summed E-state index contributed by atoms with van der Waals surface area (Å²) < 4.78 is 5.20. The van der Waals surface area contributed by atoms with Crippen LogP contribution in [0.5, 0.6) is 0 Å². The van der Waals surface area contributed by atoms with E-state index in [1.165, 1.54) is 0 Å². The van der Waals surface area contributed by atoms with Gasteiger partial charge in [0.15, 0.2) is 0 Å². The van der Waals surface area contributed by atoms with Crippen molar-refractivity contribution in [1.29, 1.82) is 0 Å². The van der Waals surface area contributed by atoms with Crippen LogP contribution < -0.4 is 10.6 Å². The van der Waals surface area contributed by atoms with E-state index in [2.05, 4.69) is 10.6 Å². The lowest BCUT2D eigenvalue weighted by Crippen LogP contribution is -2.37. The van der Waals surface area contributed by atoms with Gasteiger partial charge in [0, 0.05) is 12.6 Å². The predicted molar refractivity (Wildman–Crippen MR) is 77.5 cm³/mol.